The van der Waals surface area contributed by atoms with Gasteiger partial charge in [-0.25, -0.2) is 4.39 Å². The van der Waals surface area contributed by atoms with E-state index in [-0.39, 0.29) is 11.3 Å². The lowest BCUT2D eigenvalue weighted by Gasteiger charge is -2.29. The van der Waals surface area contributed by atoms with Gasteiger partial charge >= 0.3 is 0 Å². The fourth-order valence-corrected chi connectivity index (χ4v) is 4.92. The normalized spacial score (nSPS) is 18.0. The number of halogens is 2. The highest BCUT2D eigenvalue weighted by Gasteiger charge is 2.23. The number of benzene rings is 3. The minimum Gasteiger partial charge on any atom is -0.491 e. The van der Waals surface area contributed by atoms with Crippen molar-refractivity contribution in [1.29, 1.82) is 0 Å². The zero-order valence-electron chi connectivity index (χ0n) is 21.5. The summed E-state index contributed by atoms with van der Waals surface area (Å²) in [5, 5.41) is 0. The number of hydrogen-bond donors (Lipinski definition) is 0. The maximum Gasteiger partial charge on any atom is 0.201 e. The standard InChI is InChI=1S/C31H35BF2O2/c1-3-4-5-6-26-13-11-25(20-36-26)24-12-14-27(21(2)19-24)22-7-9-23(10-8-22)28-15-16-29(35-18-17-32)31(34)30(28)33/h3-4,7-10,12,14-16,19,25-26H,5-6,11,13,17-18,20,32H2,1-2H3/b4-3+. The second-order valence-corrected chi connectivity index (χ2v) is 9.62. The van der Waals surface area contributed by atoms with E-state index in [4.69, 9.17) is 9.47 Å². The largest absolute Gasteiger partial charge is 0.491 e. The molecule has 2 nitrogen and oxygen atoms in total. The van der Waals surface area contributed by atoms with E-state index in [9.17, 15) is 8.78 Å². The predicted octanol–water partition coefficient (Wildman–Crippen LogP) is 7.66. The van der Waals surface area contributed by atoms with Crippen molar-refractivity contribution in [3.8, 4) is 28.0 Å². The molecule has 3 aromatic carbocycles. The minimum atomic E-state index is -0.938. The van der Waals surface area contributed by atoms with Gasteiger partial charge in [-0.05, 0) is 85.8 Å². The van der Waals surface area contributed by atoms with Gasteiger partial charge in [0.15, 0.2) is 11.6 Å². The Hall–Kier alpha value is -2.92. The van der Waals surface area contributed by atoms with Crippen molar-refractivity contribution in [2.75, 3.05) is 13.2 Å². The van der Waals surface area contributed by atoms with Gasteiger partial charge in [0.25, 0.3) is 0 Å². The van der Waals surface area contributed by atoms with Crippen LogP contribution in [0.15, 0.2) is 66.7 Å². The molecule has 2 atom stereocenters. The molecule has 2 unspecified atom stereocenters. The van der Waals surface area contributed by atoms with Gasteiger partial charge in [-0.2, -0.15) is 4.39 Å². The van der Waals surface area contributed by atoms with Crippen LogP contribution in [0.5, 0.6) is 5.75 Å². The molecule has 0 N–H and O–H groups in total. The summed E-state index contributed by atoms with van der Waals surface area (Å²) < 4.78 is 40.6. The second kappa shape index (κ2) is 12.4. The summed E-state index contributed by atoms with van der Waals surface area (Å²) in [5.41, 5.74) is 5.58. The van der Waals surface area contributed by atoms with Gasteiger partial charge in [-0.1, -0.05) is 54.6 Å². The highest BCUT2D eigenvalue weighted by molar-refractivity contribution is 6.08. The average molecular weight is 488 g/mol. The van der Waals surface area contributed by atoms with Crippen LogP contribution >= 0.6 is 0 Å². The smallest absolute Gasteiger partial charge is 0.201 e. The molecular formula is C31H35BF2O2. The van der Waals surface area contributed by atoms with Gasteiger partial charge in [0.05, 0.1) is 19.3 Å². The van der Waals surface area contributed by atoms with Crippen LogP contribution in [0.2, 0.25) is 6.32 Å². The van der Waals surface area contributed by atoms with E-state index in [0.29, 0.717) is 24.2 Å². The van der Waals surface area contributed by atoms with Crippen molar-refractivity contribution in [1.82, 2.24) is 0 Å². The van der Waals surface area contributed by atoms with E-state index < -0.39 is 11.6 Å². The van der Waals surface area contributed by atoms with Crippen LogP contribution in [-0.4, -0.2) is 27.2 Å². The molecule has 5 heteroatoms. The Kier molecular flexibility index (Phi) is 8.98. The van der Waals surface area contributed by atoms with Gasteiger partial charge in [-0.15, -0.1) is 0 Å². The molecule has 0 radical (unpaired) electrons. The fraction of sp³-hybridized carbons (Fsp3) is 0.355. The Morgan fingerprint density at radius 3 is 2.33 bits per heavy atom. The van der Waals surface area contributed by atoms with Crippen LogP contribution in [0.25, 0.3) is 22.3 Å². The van der Waals surface area contributed by atoms with Crippen LogP contribution in [0.4, 0.5) is 8.78 Å². The summed E-state index contributed by atoms with van der Waals surface area (Å²) >= 11 is 0. The zero-order chi connectivity index (χ0) is 25.5. The lowest BCUT2D eigenvalue weighted by atomic mass is 9.87. The Balaban J connectivity index is 1.45. The first-order valence-corrected chi connectivity index (χ1v) is 13.1. The molecule has 3 aromatic rings. The first-order valence-electron chi connectivity index (χ1n) is 13.1. The third-order valence-electron chi connectivity index (χ3n) is 7.00. The first kappa shape index (κ1) is 26.2. The molecule has 0 spiro atoms. The maximum atomic E-state index is 14.7. The van der Waals surface area contributed by atoms with Crippen molar-refractivity contribution < 1.29 is 18.3 Å². The lowest BCUT2D eigenvalue weighted by Crippen LogP contribution is -2.24. The van der Waals surface area contributed by atoms with Crippen molar-refractivity contribution in [2.24, 2.45) is 0 Å². The van der Waals surface area contributed by atoms with Gasteiger partial charge in [0.2, 0.25) is 5.82 Å². The monoisotopic (exact) mass is 488 g/mol. The summed E-state index contributed by atoms with van der Waals surface area (Å²) in [5.74, 6) is -1.43. The van der Waals surface area contributed by atoms with Crippen LogP contribution < -0.4 is 4.74 Å². The van der Waals surface area contributed by atoms with Gasteiger partial charge < -0.3 is 9.47 Å². The highest BCUT2D eigenvalue weighted by atomic mass is 19.2. The molecule has 1 aliphatic rings. The Bertz CT molecular complexity index is 1180. The number of ether oxygens (including phenoxy) is 2. The molecule has 0 saturated carbocycles. The van der Waals surface area contributed by atoms with E-state index >= 15 is 0 Å². The van der Waals surface area contributed by atoms with Gasteiger partial charge in [-0.3, -0.25) is 0 Å². The summed E-state index contributed by atoms with van der Waals surface area (Å²) in [6.45, 7) is 5.31. The zero-order valence-corrected chi connectivity index (χ0v) is 21.5. The van der Waals surface area contributed by atoms with Crippen molar-refractivity contribution in [2.45, 2.75) is 57.9 Å². The Morgan fingerprint density at radius 1 is 0.972 bits per heavy atom. The van der Waals surface area contributed by atoms with Crippen LogP contribution in [0.1, 0.15) is 49.7 Å². The van der Waals surface area contributed by atoms with Crippen LogP contribution in [-0.2, 0) is 4.74 Å². The topological polar surface area (TPSA) is 18.5 Å². The average Bonchev–Trinajstić information content (AvgIpc) is 2.90. The molecular weight excluding hydrogens is 453 g/mol. The lowest BCUT2D eigenvalue weighted by molar-refractivity contribution is -0.000191. The van der Waals surface area contributed by atoms with E-state index in [1.165, 1.54) is 17.2 Å². The number of hydrogen-bond acceptors (Lipinski definition) is 2. The molecule has 0 aliphatic carbocycles. The maximum absolute atomic E-state index is 14.7. The number of rotatable bonds is 9. The fourth-order valence-electron chi connectivity index (χ4n) is 4.92. The summed E-state index contributed by atoms with van der Waals surface area (Å²) in [7, 11) is 1.92. The van der Waals surface area contributed by atoms with E-state index in [1.54, 1.807) is 6.07 Å². The quantitative estimate of drug-likeness (QED) is 0.227. The third kappa shape index (κ3) is 6.07. The molecule has 1 heterocycles. The van der Waals surface area contributed by atoms with Crippen molar-refractivity contribution in [3.63, 3.8) is 0 Å². The van der Waals surface area contributed by atoms with E-state index in [0.717, 1.165) is 49.7 Å². The summed E-state index contributed by atoms with van der Waals surface area (Å²) in [6.07, 6.45) is 9.84. The van der Waals surface area contributed by atoms with Gasteiger partial charge in [0.1, 0.15) is 7.85 Å². The molecule has 188 valence electrons. The predicted molar refractivity (Wildman–Crippen MR) is 147 cm³/mol. The SMILES string of the molecule is BCCOc1ccc(-c2ccc(-c3ccc(C4CCC(CC/C=C/C)OC4)cc3C)cc2)c(F)c1F. The molecule has 36 heavy (non-hydrogen) atoms. The molecule has 0 aromatic heterocycles. The van der Waals surface area contributed by atoms with Crippen LogP contribution in [0, 0.1) is 18.6 Å². The summed E-state index contributed by atoms with van der Waals surface area (Å²) in [4.78, 5) is 0. The molecule has 0 bridgehead atoms. The summed E-state index contributed by atoms with van der Waals surface area (Å²) in [6, 6.07) is 17.3. The minimum absolute atomic E-state index is 0.0435. The van der Waals surface area contributed by atoms with Gasteiger partial charge in [0, 0.05) is 11.5 Å². The Labute approximate surface area is 214 Å². The molecule has 0 amide bonds. The third-order valence-corrected chi connectivity index (χ3v) is 7.00. The number of allylic oxidation sites excluding steroid dienone is 2. The molecule has 1 fully saturated rings. The highest BCUT2D eigenvalue weighted by Crippen LogP contribution is 2.35. The van der Waals surface area contributed by atoms with Crippen LogP contribution in [0.3, 0.4) is 0 Å². The Morgan fingerprint density at radius 2 is 1.69 bits per heavy atom. The molecule has 4 rings (SSSR count). The van der Waals surface area contributed by atoms with E-state index in [1.807, 2.05) is 32.1 Å². The number of aryl methyl sites for hydroxylation is 1. The van der Waals surface area contributed by atoms with Crippen molar-refractivity contribution >= 4 is 7.85 Å². The molecule has 1 aliphatic heterocycles. The first-order chi connectivity index (χ1) is 17.5. The van der Waals surface area contributed by atoms with E-state index in [2.05, 4.69) is 44.2 Å². The second-order valence-electron chi connectivity index (χ2n) is 9.62. The molecule has 1 saturated heterocycles. The van der Waals surface area contributed by atoms with Crippen molar-refractivity contribution in [3.05, 3.63) is 89.5 Å².